The van der Waals surface area contributed by atoms with Crippen molar-refractivity contribution in [2.45, 2.75) is 32.9 Å². The van der Waals surface area contributed by atoms with Gasteiger partial charge < -0.3 is 15.5 Å². The zero-order chi connectivity index (χ0) is 18.7. The first kappa shape index (κ1) is 17.9. The van der Waals surface area contributed by atoms with Crippen molar-refractivity contribution in [1.29, 1.82) is 0 Å². The SMILES string of the molecule is CC(=O)Nc1cccc2c1CCN(C(=O)NC(C)c1cccc(F)c1)C2. The minimum absolute atomic E-state index is 0.109. The lowest BCUT2D eigenvalue weighted by Gasteiger charge is -2.31. The van der Waals surface area contributed by atoms with Crippen LogP contribution in [0, 0.1) is 5.82 Å². The minimum Gasteiger partial charge on any atom is -0.331 e. The second-order valence-corrected chi connectivity index (χ2v) is 6.52. The Hall–Kier alpha value is -2.89. The molecule has 2 aromatic carbocycles. The number of halogens is 1. The fourth-order valence-electron chi connectivity index (χ4n) is 3.23. The molecule has 2 aromatic rings. The standard InChI is InChI=1S/C20H22FN3O2/c1-13(15-5-3-7-17(21)11-15)22-20(26)24-10-9-18-16(12-24)6-4-8-19(18)23-14(2)25/h3-8,11,13H,9-10,12H2,1-2H3,(H,22,26)(H,23,25). The van der Waals surface area contributed by atoms with E-state index in [4.69, 9.17) is 0 Å². The van der Waals surface area contributed by atoms with Gasteiger partial charge in [0.05, 0.1) is 6.04 Å². The van der Waals surface area contributed by atoms with Crippen LogP contribution in [0.2, 0.25) is 0 Å². The summed E-state index contributed by atoms with van der Waals surface area (Å²) in [6, 6.07) is 11.5. The Morgan fingerprint density at radius 1 is 1.19 bits per heavy atom. The average molecular weight is 355 g/mol. The first-order valence-corrected chi connectivity index (χ1v) is 8.63. The molecule has 0 bridgehead atoms. The van der Waals surface area contributed by atoms with E-state index < -0.39 is 0 Å². The second-order valence-electron chi connectivity index (χ2n) is 6.52. The number of carbonyl (C=O) groups is 2. The van der Waals surface area contributed by atoms with E-state index in [1.165, 1.54) is 19.1 Å². The molecular formula is C20H22FN3O2. The highest BCUT2D eigenvalue weighted by Crippen LogP contribution is 2.26. The van der Waals surface area contributed by atoms with Gasteiger partial charge in [-0.05, 0) is 48.2 Å². The Kier molecular flexibility index (Phi) is 5.21. The van der Waals surface area contributed by atoms with Gasteiger partial charge in [-0.2, -0.15) is 0 Å². The normalized spacial score (nSPS) is 14.3. The van der Waals surface area contributed by atoms with E-state index in [9.17, 15) is 14.0 Å². The average Bonchev–Trinajstić information content (AvgIpc) is 2.61. The van der Waals surface area contributed by atoms with E-state index >= 15 is 0 Å². The first-order chi connectivity index (χ1) is 12.4. The molecule has 6 heteroatoms. The van der Waals surface area contributed by atoms with Crippen molar-refractivity contribution in [3.8, 4) is 0 Å². The lowest BCUT2D eigenvalue weighted by molar-refractivity contribution is -0.114. The topological polar surface area (TPSA) is 61.4 Å². The van der Waals surface area contributed by atoms with Crippen LogP contribution in [-0.4, -0.2) is 23.4 Å². The number of nitrogens with one attached hydrogen (secondary N) is 2. The highest BCUT2D eigenvalue weighted by molar-refractivity contribution is 5.90. The molecule has 1 unspecified atom stereocenters. The van der Waals surface area contributed by atoms with E-state index in [0.29, 0.717) is 19.5 Å². The third kappa shape index (κ3) is 4.02. The van der Waals surface area contributed by atoms with Gasteiger partial charge in [0.2, 0.25) is 5.91 Å². The fourth-order valence-corrected chi connectivity index (χ4v) is 3.23. The van der Waals surface area contributed by atoms with Crippen molar-refractivity contribution in [2.75, 3.05) is 11.9 Å². The van der Waals surface area contributed by atoms with Gasteiger partial charge in [0.15, 0.2) is 0 Å². The molecule has 0 saturated heterocycles. The molecule has 2 N–H and O–H groups in total. The fraction of sp³-hybridized carbons (Fsp3) is 0.300. The van der Waals surface area contributed by atoms with E-state index in [2.05, 4.69) is 10.6 Å². The van der Waals surface area contributed by atoms with Gasteiger partial charge in [0.25, 0.3) is 0 Å². The van der Waals surface area contributed by atoms with Crippen molar-refractivity contribution in [2.24, 2.45) is 0 Å². The second kappa shape index (κ2) is 7.56. The number of rotatable bonds is 3. The van der Waals surface area contributed by atoms with Crippen LogP contribution in [0.1, 0.15) is 36.6 Å². The molecular weight excluding hydrogens is 333 g/mol. The van der Waals surface area contributed by atoms with Gasteiger partial charge in [-0.15, -0.1) is 0 Å². The van der Waals surface area contributed by atoms with Crippen LogP contribution in [0.4, 0.5) is 14.9 Å². The molecule has 3 rings (SSSR count). The monoisotopic (exact) mass is 355 g/mol. The summed E-state index contributed by atoms with van der Waals surface area (Å²) >= 11 is 0. The quantitative estimate of drug-likeness (QED) is 0.883. The van der Waals surface area contributed by atoms with Gasteiger partial charge >= 0.3 is 6.03 Å². The number of nitrogens with zero attached hydrogens (tertiary/aromatic N) is 1. The predicted octanol–water partition coefficient (Wildman–Crippen LogP) is 3.61. The molecule has 5 nitrogen and oxygen atoms in total. The molecule has 0 saturated carbocycles. The Morgan fingerprint density at radius 3 is 2.69 bits per heavy atom. The van der Waals surface area contributed by atoms with E-state index in [1.54, 1.807) is 17.0 Å². The molecule has 26 heavy (non-hydrogen) atoms. The number of amides is 3. The maximum Gasteiger partial charge on any atom is 0.318 e. The van der Waals surface area contributed by atoms with Crippen molar-refractivity contribution in [3.63, 3.8) is 0 Å². The zero-order valence-corrected chi connectivity index (χ0v) is 14.9. The summed E-state index contributed by atoms with van der Waals surface area (Å²) < 4.78 is 13.4. The van der Waals surface area contributed by atoms with Gasteiger partial charge in [0, 0.05) is 25.7 Å². The minimum atomic E-state index is -0.319. The number of hydrogen-bond acceptors (Lipinski definition) is 2. The Morgan fingerprint density at radius 2 is 1.96 bits per heavy atom. The molecule has 1 heterocycles. The maximum absolute atomic E-state index is 13.4. The zero-order valence-electron chi connectivity index (χ0n) is 14.9. The van der Waals surface area contributed by atoms with Crippen LogP contribution in [0.15, 0.2) is 42.5 Å². The number of fused-ring (bicyclic) bond motifs is 1. The van der Waals surface area contributed by atoms with Crippen LogP contribution in [0.5, 0.6) is 0 Å². The van der Waals surface area contributed by atoms with Crippen LogP contribution in [0.25, 0.3) is 0 Å². The Balaban J connectivity index is 1.68. The molecule has 1 aliphatic rings. The summed E-state index contributed by atoms with van der Waals surface area (Å²) in [6.45, 7) is 4.35. The molecule has 0 aromatic heterocycles. The summed E-state index contributed by atoms with van der Waals surface area (Å²) in [4.78, 5) is 25.7. The summed E-state index contributed by atoms with van der Waals surface area (Å²) in [6.07, 6.45) is 0.674. The number of carbonyl (C=O) groups excluding carboxylic acids is 2. The lowest BCUT2D eigenvalue weighted by atomic mass is 9.98. The van der Waals surface area contributed by atoms with Gasteiger partial charge in [0.1, 0.15) is 5.82 Å². The molecule has 1 atom stereocenters. The van der Waals surface area contributed by atoms with Crippen molar-refractivity contribution < 1.29 is 14.0 Å². The number of hydrogen-bond donors (Lipinski definition) is 2. The van der Waals surface area contributed by atoms with Crippen LogP contribution >= 0.6 is 0 Å². The van der Waals surface area contributed by atoms with Crippen LogP contribution < -0.4 is 10.6 Å². The largest absolute Gasteiger partial charge is 0.331 e. The molecule has 0 radical (unpaired) electrons. The number of urea groups is 1. The van der Waals surface area contributed by atoms with E-state index in [1.807, 2.05) is 25.1 Å². The molecule has 0 aliphatic carbocycles. The lowest BCUT2D eigenvalue weighted by Crippen LogP contribution is -2.43. The molecule has 0 spiro atoms. The first-order valence-electron chi connectivity index (χ1n) is 8.63. The highest BCUT2D eigenvalue weighted by atomic mass is 19.1. The van der Waals surface area contributed by atoms with Crippen molar-refractivity contribution in [3.05, 3.63) is 65.0 Å². The number of benzene rings is 2. The van der Waals surface area contributed by atoms with E-state index in [0.717, 1.165) is 22.4 Å². The highest BCUT2D eigenvalue weighted by Gasteiger charge is 2.23. The van der Waals surface area contributed by atoms with Gasteiger partial charge in [-0.1, -0.05) is 24.3 Å². The third-order valence-corrected chi connectivity index (χ3v) is 4.55. The summed E-state index contributed by atoms with van der Waals surface area (Å²) in [5, 5.41) is 5.76. The van der Waals surface area contributed by atoms with Crippen LogP contribution in [-0.2, 0) is 17.8 Å². The van der Waals surface area contributed by atoms with Gasteiger partial charge in [-0.3, -0.25) is 4.79 Å². The summed E-state index contributed by atoms with van der Waals surface area (Å²) in [5.74, 6) is -0.427. The smallest absolute Gasteiger partial charge is 0.318 e. The maximum atomic E-state index is 13.4. The molecule has 3 amide bonds. The summed E-state index contributed by atoms with van der Waals surface area (Å²) in [5.41, 5.74) is 3.63. The Bertz CT molecular complexity index is 838. The third-order valence-electron chi connectivity index (χ3n) is 4.55. The predicted molar refractivity (Wildman–Crippen MR) is 98.2 cm³/mol. The van der Waals surface area contributed by atoms with Crippen LogP contribution in [0.3, 0.4) is 0 Å². The van der Waals surface area contributed by atoms with Gasteiger partial charge in [-0.25, -0.2) is 9.18 Å². The molecule has 136 valence electrons. The summed E-state index contributed by atoms with van der Waals surface area (Å²) in [7, 11) is 0. The van der Waals surface area contributed by atoms with Crippen molar-refractivity contribution >= 4 is 17.6 Å². The Labute approximate surface area is 152 Å². The molecule has 1 aliphatic heterocycles. The molecule has 0 fully saturated rings. The van der Waals surface area contributed by atoms with E-state index in [-0.39, 0.29) is 23.8 Å². The van der Waals surface area contributed by atoms with Crippen molar-refractivity contribution in [1.82, 2.24) is 10.2 Å². The number of anilines is 1.